The Hall–Kier alpha value is -1.63. The largest absolute Gasteiger partial charge is 0.491 e. The highest BCUT2D eigenvalue weighted by atomic mass is 16.7. The summed E-state index contributed by atoms with van der Waals surface area (Å²) in [6.45, 7) is 10.3. The highest BCUT2D eigenvalue weighted by Gasteiger charge is 2.52. The van der Waals surface area contributed by atoms with Crippen LogP contribution in [-0.2, 0) is 9.31 Å². The lowest BCUT2D eigenvalue weighted by atomic mass is 9.77. The number of hydrogen-bond acceptors (Lipinski definition) is 5. The minimum Gasteiger partial charge on any atom is -0.441 e. The molecule has 1 aromatic carbocycles. The van der Waals surface area contributed by atoms with Crippen LogP contribution in [0, 0.1) is 6.92 Å². The number of hydrogen-bond donors (Lipinski definition) is 1. The zero-order chi connectivity index (χ0) is 16.8. The number of fused-ring (bicyclic) bond motifs is 1. The van der Waals surface area contributed by atoms with Gasteiger partial charge in [-0.25, -0.2) is 4.98 Å². The van der Waals surface area contributed by atoms with Crippen LogP contribution in [0.1, 0.15) is 39.1 Å². The third-order valence-corrected chi connectivity index (χ3v) is 4.66. The molecule has 2 aromatic rings. The summed E-state index contributed by atoms with van der Waals surface area (Å²) in [5.41, 5.74) is 8.68. The van der Waals surface area contributed by atoms with Gasteiger partial charge in [0.15, 0.2) is 11.5 Å². The Labute approximate surface area is 137 Å². The summed E-state index contributed by atoms with van der Waals surface area (Å²) < 4.78 is 17.7. The quantitative estimate of drug-likeness (QED) is 0.882. The Morgan fingerprint density at radius 1 is 1.22 bits per heavy atom. The minimum atomic E-state index is -0.433. The molecule has 0 atom stereocenters. The Bertz CT molecular complexity index is 748. The predicted octanol–water partition coefficient (Wildman–Crippen LogP) is 3.11. The molecule has 6 heteroatoms. The Kier molecular flexibility index (Phi) is 3.87. The number of benzene rings is 1. The van der Waals surface area contributed by atoms with Crippen molar-refractivity contribution in [3.05, 3.63) is 35.1 Å². The van der Waals surface area contributed by atoms with Gasteiger partial charge in [-0.3, -0.25) is 0 Å². The fraction of sp³-hybridized carbons (Fsp3) is 0.471. The van der Waals surface area contributed by atoms with Gasteiger partial charge in [-0.15, -0.1) is 0 Å². The lowest BCUT2D eigenvalue weighted by Crippen LogP contribution is -2.41. The van der Waals surface area contributed by atoms with Gasteiger partial charge in [0, 0.05) is 13.5 Å². The molecule has 0 aliphatic carbocycles. The predicted molar refractivity (Wildman–Crippen MR) is 91.9 cm³/mol. The van der Waals surface area contributed by atoms with E-state index < -0.39 is 7.12 Å². The average molecular weight is 314 g/mol. The maximum absolute atomic E-state index is 6.07. The molecule has 0 unspecified atom stereocenters. The van der Waals surface area contributed by atoms with Crippen molar-refractivity contribution < 1.29 is 13.7 Å². The second-order valence-electron chi connectivity index (χ2n) is 6.97. The smallest absolute Gasteiger partial charge is 0.441 e. The van der Waals surface area contributed by atoms with E-state index in [1.807, 2.05) is 58.9 Å². The van der Waals surface area contributed by atoms with Crippen LogP contribution < -0.4 is 5.73 Å². The molecule has 1 aliphatic heterocycles. The lowest BCUT2D eigenvalue weighted by molar-refractivity contribution is 0.00578. The van der Waals surface area contributed by atoms with E-state index in [0.717, 1.165) is 22.1 Å². The van der Waals surface area contributed by atoms with E-state index in [2.05, 4.69) is 4.98 Å². The molecule has 122 valence electrons. The number of aryl methyl sites for hydroxylation is 1. The van der Waals surface area contributed by atoms with Crippen LogP contribution in [0.5, 0.6) is 0 Å². The molecule has 23 heavy (non-hydrogen) atoms. The minimum absolute atomic E-state index is 0.365. The number of oxazole rings is 1. The first-order valence-electron chi connectivity index (χ1n) is 7.85. The van der Waals surface area contributed by atoms with Gasteiger partial charge >= 0.3 is 7.12 Å². The fourth-order valence-electron chi connectivity index (χ4n) is 2.58. The van der Waals surface area contributed by atoms with Crippen molar-refractivity contribution in [1.29, 1.82) is 0 Å². The van der Waals surface area contributed by atoms with Crippen molar-refractivity contribution in [2.75, 3.05) is 6.54 Å². The molecule has 0 bridgehead atoms. The number of rotatable bonds is 3. The van der Waals surface area contributed by atoms with E-state index in [-0.39, 0.29) is 11.2 Å². The van der Waals surface area contributed by atoms with Gasteiger partial charge in [0.25, 0.3) is 0 Å². The summed E-state index contributed by atoms with van der Waals surface area (Å²) in [7, 11) is -0.433. The van der Waals surface area contributed by atoms with Crippen molar-refractivity contribution in [2.24, 2.45) is 5.73 Å². The van der Waals surface area contributed by atoms with Gasteiger partial charge in [-0.1, -0.05) is 12.1 Å². The van der Waals surface area contributed by atoms with Crippen molar-refractivity contribution in [1.82, 2.24) is 4.98 Å². The van der Waals surface area contributed by atoms with Gasteiger partial charge in [0.05, 0.1) is 11.2 Å². The zero-order valence-corrected chi connectivity index (χ0v) is 14.3. The second-order valence-corrected chi connectivity index (χ2v) is 6.97. The molecule has 2 N–H and O–H groups in total. The topological polar surface area (TPSA) is 70.5 Å². The maximum atomic E-state index is 6.07. The van der Waals surface area contributed by atoms with Gasteiger partial charge in [0.1, 0.15) is 5.52 Å². The van der Waals surface area contributed by atoms with Crippen molar-refractivity contribution in [3.8, 4) is 0 Å². The number of nitrogens with two attached hydrogens (primary N) is 1. The summed E-state index contributed by atoms with van der Waals surface area (Å²) in [5.74, 6) is 0.658. The van der Waals surface area contributed by atoms with Crippen molar-refractivity contribution in [3.63, 3.8) is 0 Å². The van der Waals surface area contributed by atoms with Crippen LogP contribution in [0.4, 0.5) is 0 Å². The normalized spacial score (nSPS) is 20.4. The van der Waals surface area contributed by atoms with Gasteiger partial charge < -0.3 is 19.5 Å². The van der Waals surface area contributed by atoms with Crippen LogP contribution >= 0.6 is 0 Å². The van der Waals surface area contributed by atoms with E-state index in [0.29, 0.717) is 12.4 Å². The van der Waals surface area contributed by atoms with Crippen LogP contribution in [0.2, 0.25) is 0 Å². The molecule has 5 nitrogen and oxygen atoms in total. The van der Waals surface area contributed by atoms with E-state index in [4.69, 9.17) is 19.5 Å². The van der Waals surface area contributed by atoms with E-state index in [1.54, 1.807) is 0 Å². The van der Waals surface area contributed by atoms with E-state index >= 15 is 0 Å². The molecule has 1 aliphatic rings. The Morgan fingerprint density at radius 2 is 1.87 bits per heavy atom. The van der Waals surface area contributed by atoms with Crippen LogP contribution in [0.25, 0.3) is 17.2 Å². The van der Waals surface area contributed by atoms with Crippen molar-refractivity contribution >= 4 is 24.3 Å². The summed E-state index contributed by atoms with van der Waals surface area (Å²) in [6.07, 6.45) is 2.00. The molecule has 0 amide bonds. The van der Waals surface area contributed by atoms with Crippen LogP contribution in [-0.4, -0.2) is 29.8 Å². The average Bonchev–Trinajstić information content (AvgIpc) is 2.91. The van der Waals surface area contributed by atoms with Gasteiger partial charge in [0.2, 0.25) is 0 Å². The molecule has 0 radical (unpaired) electrons. The molecule has 0 saturated carbocycles. The monoisotopic (exact) mass is 314 g/mol. The van der Waals surface area contributed by atoms with Gasteiger partial charge in [-0.2, -0.15) is 0 Å². The summed E-state index contributed by atoms with van der Waals surface area (Å²) in [4.78, 5) is 4.31. The first-order valence-corrected chi connectivity index (χ1v) is 7.85. The van der Waals surface area contributed by atoms with E-state index in [1.165, 1.54) is 0 Å². The Balaban J connectivity index is 1.92. The molecule has 0 spiro atoms. The van der Waals surface area contributed by atoms with E-state index in [9.17, 15) is 0 Å². The van der Waals surface area contributed by atoms with Crippen LogP contribution in [0.3, 0.4) is 0 Å². The number of nitrogens with zero attached hydrogens (tertiary/aromatic N) is 1. The van der Waals surface area contributed by atoms with Crippen LogP contribution in [0.15, 0.2) is 28.1 Å². The standard InChI is InChI=1S/C17H23BN2O3/c1-11-20-14-7-6-12(9-15(14)21-11)8-13(10-19)18-22-16(2,3)17(4,5)23-18/h6-9H,10,19H2,1-5H3. The summed E-state index contributed by atoms with van der Waals surface area (Å²) in [5, 5.41) is 0. The third kappa shape index (κ3) is 2.94. The third-order valence-electron chi connectivity index (χ3n) is 4.66. The first-order chi connectivity index (χ1) is 10.7. The molecule has 2 heterocycles. The van der Waals surface area contributed by atoms with Crippen molar-refractivity contribution in [2.45, 2.75) is 45.8 Å². The Morgan fingerprint density at radius 3 is 2.48 bits per heavy atom. The first kappa shape index (κ1) is 16.2. The van der Waals surface area contributed by atoms with Gasteiger partial charge in [-0.05, 0) is 50.9 Å². The molecule has 1 saturated heterocycles. The molecular formula is C17H23BN2O3. The summed E-state index contributed by atoms with van der Waals surface area (Å²) in [6, 6.07) is 5.89. The maximum Gasteiger partial charge on any atom is 0.491 e. The highest BCUT2D eigenvalue weighted by Crippen LogP contribution is 2.38. The molecular weight excluding hydrogens is 291 g/mol. The molecule has 3 rings (SSSR count). The SMILES string of the molecule is Cc1nc2ccc(C=C(CN)B3OC(C)(C)C(C)(C)O3)cc2o1. The zero-order valence-electron chi connectivity index (χ0n) is 14.3. The number of aromatic nitrogens is 1. The second kappa shape index (κ2) is 5.48. The molecule has 1 aromatic heterocycles. The highest BCUT2D eigenvalue weighted by molar-refractivity contribution is 6.55. The lowest BCUT2D eigenvalue weighted by Gasteiger charge is -2.32. The fourth-order valence-corrected chi connectivity index (χ4v) is 2.58. The summed E-state index contributed by atoms with van der Waals surface area (Å²) >= 11 is 0. The molecule has 1 fully saturated rings.